The Bertz CT molecular complexity index is 315. The molecule has 16 heavy (non-hydrogen) atoms. The van der Waals surface area contributed by atoms with Gasteiger partial charge >= 0.3 is 0 Å². The fourth-order valence-corrected chi connectivity index (χ4v) is 2.57. The fourth-order valence-electron chi connectivity index (χ4n) is 2.57. The molecule has 0 spiro atoms. The van der Waals surface area contributed by atoms with Crippen molar-refractivity contribution in [1.82, 2.24) is 10.5 Å². The van der Waals surface area contributed by atoms with Crippen molar-refractivity contribution in [3.8, 4) is 0 Å². The molecule has 0 aromatic carbocycles. The van der Waals surface area contributed by atoms with Gasteiger partial charge < -0.3 is 9.84 Å². The summed E-state index contributed by atoms with van der Waals surface area (Å²) >= 11 is 0. The smallest absolute Gasteiger partial charge is 0.133 e. The van der Waals surface area contributed by atoms with Gasteiger partial charge in [-0.25, -0.2) is 0 Å². The van der Waals surface area contributed by atoms with Crippen LogP contribution in [0.2, 0.25) is 0 Å². The largest absolute Gasteiger partial charge is 0.361 e. The summed E-state index contributed by atoms with van der Waals surface area (Å²) in [6.45, 7) is 5.05. The molecule has 1 heterocycles. The van der Waals surface area contributed by atoms with Crippen LogP contribution in [0.1, 0.15) is 50.5 Å². The van der Waals surface area contributed by atoms with Gasteiger partial charge in [0.1, 0.15) is 5.76 Å². The molecule has 1 atom stereocenters. The van der Waals surface area contributed by atoms with Crippen molar-refractivity contribution >= 4 is 0 Å². The Morgan fingerprint density at radius 1 is 1.44 bits per heavy atom. The lowest BCUT2D eigenvalue weighted by molar-refractivity contribution is 0.278. The van der Waals surface area contributed by atoms with Gasteiger partial charge in [0.2, 0.25) is 0 Å². The van der Waals surface area contributed by atoms with Gasteiger partial charge in [0.25, 0.3) is 0 Å². The summed E-state index contributed by atoms with van der Waals surface area (Å²) in [5.41, 5.74) is 1.01. The maximum atomic E-state index is 5.05. The summed E-state index contributed by atoms with van der Waals surface area (Å²) in [6, 6.07) is 2.60. The first-order valence-corrected chi connectivity index (χ1v) is 6.41. The van der Waals surface area contributed by atoms with Crippen LogP contribution in [-0.4, -0.2) is 11.2 Å². The van der Waals surface area contributed by atoms with E-state index in [4.69, 9.17) is 4.52 Å². The van der Waals surface area contributed by atoms with Crippen molar-refractivity contribution in [3.05, 3.63) is 17.5 Å². The Morgan fingerprint density at radius 3 is 2.81 bits per heavy atom. The zero-order chi connectivity index (χ0) is 11.4. The van der Waals surface area contributed by atoms with Gasteiger partial charge in [0, 0.05) is 18.7 Å². The third-order valence-corrected chi connectivity index (χ3v) is 3.64. The Kier molecular flexibility index (Phi) is 3.99. The maximum Gasteiger partial charge on any atom is 0.133 e. The Labute approximate surface area is 97.6 Å². The topological polar surface area (TPSA) is 38.1 Å². The highest BCUT2D eigenvalue weighted by Gasteiger charge is 2.19. The molecule has 1 saturated carbocycles. The van der Waals surface area contributed by atoms with Crippen LogP contribution in [0.25, 0.3) is 0 Å². The average molecular weight is 222 g/mol. The first kappa shape index (κ1) is 11.6. The molecule has 1 fully saturated rings. The van der Waals surface area contributed by atoms with E-state index in [9.17, 15) is 0 Å². The van der Waals surface area contributed by atoms with Crippen LogP contribution in [0.15, 0.2) is 10.6 Å². The molecule has 3 heteroatoms. The van der Waals surface area contributed by atoms with Crippen LogP contribution < -0.4 is 5.32 Å². The first-order chi connectivity index (χ1) is 7.75. The number of rotatable bonds is 4. The van der Waals surface area contributed by atoms with Crippen molar-refractivity contribution in [2.24, 2.45) is 5.92 Å². The molecule has 1 unspecified atom stereocenters. The van der Waals surface area contributed by atoms with E-state index in [2.05, 4.69) is 17.4 Å². The van der Waals surface area contributed by atoms with Gasteiger partial charge in [0.15, 0.2) is 0 Å². The van der Waals surface area contributed by atoms with Gasteiger partial charge in [-0.05, 0) is 32.6 Å². The summed E-state index contributed by atoms with van der Waals surface area (Å²) in [5.74, 6) is 1.74. The van der Waals surface area contributed by atoms with Crippen molar-refractivity contribution in [3.63, 3.8) is 0 Å². The van der Waals surface area contributed by atoms with Gasteiger partial charge in [0.05, 0.1) is 5.69 Å². The Balaban J connectivity index is 1.76. The molecule has 1 aromatic rings. The molecular formula is C13H22N2O. The normalized spacial score (nSPS) is 19.9. The van der Waals surface area contributed by atoms with Gasteiger partial charge in [-0.1, -0.05) is 24.4 Å². The molecule has 2 rings (SSSR count). The van der Waals surface area contributed by atoms with Crippen LogP contribution in [0.4, 0.5) is 0 Å². The van der Waals surface area contributed by atoms with Gasteiger partial charge in [-0.2, -0.15) is 0 Å². The number of hydrogen-bond donors (Lipinski definition) is 1. The zero-order valence-corrected chi connectivity index (χ0v) is 10.3. The average Bonchev–Trinajstić information content (AvgIpc) is 2.73. The van der Waals surface area contributed by atoms with E-state index in [0.717, 1.165) is 23.9 Å². The number of nitrogens with one attached hydrogen (secondary N) is 1. The predicted molar refractivity (Wildman–Crippen MR) is 64.1 cm³/mol. The molecule has 0 saturated heterocycles. The third kappa shape index (κ3) is 3.08. The molecule has 0 amide bonds. The van der Waals surface area contributed by atoms with Crippen molar-refractivity contribution in [2.75, 3.05) is 0 Å². The molecule has 1 N–H and O–H groups in total. The summed E-state index contributed by atoms with van der Waals surface area (Å²) in [6.07, 6.45) is 6.99. The third-order valence-electron chi connectivity index (χ3n) is 3.64. The summed E-state index contributed by atoms with van der Waals surface area (Å²) < 4.78 is 5.05. The predicted octanol–water partition coefficient (Wildman–Crippen LogP) is 3.04. The highest BCUT2D eigenvalue weighted by Crippen LogP contribution is 2.26. The second-order valence-corrected chi connectivity index (χ2v) is 5.00. The van der Waals surface area contributed by atoms with Crippen LogP contribution >= 0.6 is 0 Å². The number of aryl methyl sites for hydroxylation is 1. The van der Waals surface area contributed by atoms with E-state index in [1.54, 1.807) is 0 Å². The summed E-state index contributed by atoms with van der Waals surface area (Å²) in [5, 5.41) is 7.55. The van der Waals surface area contributed by atoms with E-state index in [1.807, 2.05) is 13.0 Å². The SMILES string of the molecule is Cc1cc(CNC(C)C2CCCCC2)no1. The van der Waals surface area contributed by atoms with Crippen LogP contribution in [-0.2, 0) is 6.54 Å². The van der Waals surface area contributed by atoms with E-state index in [1.165, 1.54) is 32.1 Å². The second kappa shape index (κ2) is 5.48. The number of hydrogen-bond acceptors (Lipinski definition) is 3. The van der Waals surface area contributed by atoms with E-state index in [-0.39, 0.29) is 0 Å². The molecule has 3 nitrogen and oxygen atoms in total. The molecule has 1 aromatic heterocycles. The van der Waals surface area contributed by atoms with Crippen molar-refractivity contribution < 1.29 is 4.52 Å². The number of nitrogens with zero attached hydrogens (tertiary/aromatic N) is 1. The lowest BCUT2D eigenvalue weighted by Gasteiger charge is -2.28. The first-order valence-electron chi connectivity index (χ1n) is 6.41. The van der Waals surface area contributed by atoms with Gasteiger partial charge in [-0.3, -0.25) is 0 Å². The van der Waals surface area contributed by atoms with Crippen LogP contribution in [0.5, 0.6) is 0 Å². The van der Waals surface area contributed by atoms with Crippen LogP contribution in [0, 0.1) is 12.8 Å². The van der Waals surface area contributed by atoms with Crippen molar-refractivity contribution in [1.29, 1.82) is 0 Å². The standard InChI is InChI=1S/C13H22N2O/c1-10-8-13(15-16-10)9-14-11(2)12-6-4-3-5-7-12/h8,11-12,14H,3-7,9H2,1-2H3. The molecule has 0 bridgehead atoms. The summed E-state index contributed by atoms with van der Waals surface area (Å²) in [4.78, 5) is 0. The molecule has 0 aliphatic heterocycles. The van der Waals surface area contributed by atoms with Crippen LogP contribution in [0.3, 0.4) is 0 Å². The second-order valence-electron chi connectivity index (χ2n) is 5.00. The van der Waals surface area contributed by atoms with E-state index < -0.39 is 0 Å². The highest BCUT2D eigenvalue weighted by atomic mass is 16.5. The van der Waals surface area contributed by atoms with E-state index in [0.29, 0.717) is 6.04 Å². The maximum absolute atomic E-state index is 5.05. The monoisotopic (exact) mass is 222 g/mol. The molecule has 0 radical (unpaired) electrons. The Hall–Kier alpha value is -0.830. The quantitative estimate of drug-likeness (QED) is 0.851. The Morgan fingerprint density at radius 2 is 2.19 bits per heavy atom. The summed E-state index contributed by atoms with van der Waals surface area (Å²) in [7, 11) is 0. The van der Waals surface area contributed by atoms with E-state index >= 15 is 0 Å². The highest BCUT2D eigenvalue weighted by molar-refractivity contribution is 5.03. The molecule has 90 valence electrons. The van der Waals surface area contributed by atoms with Crippen molar-refractivity contribution in [2.45, 2.75) is 58.5 Å². The minimum atomic E-state index is 0.595. The molecular weight excluding hydrogens is 200 g/mol. The number of aromatic nitrogens is 1. The lowest BCUT2D eigenvalue weighted by atomic mass is 9.84. The minimum Gasteiger partial charge on any atom is -0.361 e. The fraction of sp³-hybridized carbons (Fsp3) is 0.769. The minimum absolute atomic E-state index is 0.595. The van der Waals surface area contributed by atoms with Gasteiger partial charge in [-0.15, -0.1) is 0 Å². The molecule has 1 aliphatic rings. The lowest BCUT2D eigenvalue weighted by Crippen LogP contribution is -2.34. The molecule has 1 aliphatic carbocycles. The zero-order valence-electron chi connectivity index (χ0n) is 10.3.